The minimum atomic E-state index is -0.834. The van der Waals surface area contributed by atoms with E-state index in [-0.39, 0.29) is 18.4 Å². The molecule has 1 aromatic heterocycles. The van der Waals surface area contributed by atoms with Crippen LogP contribution in [0.4, 0.5) is 0 Å². The molecule has 1 fully saturated rings. The van der Waals surface area contributed by atoms with Crippen molar-refractivity contribution in [2.75, 3.05) is 13.1 Å². The average Bonchev–Trinajstić information content (AvgIpc) is 3.11. The van der Waals surface area contributed by atoms with Gasteiger partial charge >= 0.3 is 5.97 Å². The lowest BCUT2D eigenvalue weighted by Gasteiger charge is -2.14. The Hall–Kier alpha value is -2.21. The fraction of sp³-hybridized carbons (Fsp3) is 0.353. The van der Waals surface area contributed by atoms with Crippen LogP contribution in [0.25, 0.3) is 10.6 Å². The van der Waals surface area contributed by atoms with Crippen LogP contribution in [0.1, 0.15) is 22.3 Å². The molecule has 3 rings (SSSR count). The van der Waals surface area contributed by atoms with Gasteiger partial charge < -0.3 is 10.0 Å². The fourth-order valence-corrected chi connectivity index (χ4v) is 3.94. The zero-order chi connectivity index (χ0) is 16.6. The number of nitrogens with zero attached hydrogens (tertiary/aromatic N) is 2. The Labute approximate surface area is 138 Å². The Balaban J connectivity index is 1.84. The Morgan fingerprint density at radius 3 is 2.57 bits per heavy atom. The van der Waals surface area contributed by atoms with Crippen molar-refractivity contribution in [2.24, 2.45) is 11.8 Å². The first-order valence-corrected chi connectivity index (χ1v) is 8.34. The molecule has 0 aliphatic carbocycles. The van der Waals surface area contributed by atoms with E-state index in [0.717, 1.165) is 10.6 Å². The second-order valence-electron chi connectivity index (χ2n) is 5.93. The van der Waals surface area contributed by atoms with E-state index in [1.165, 1.54) is 11.3 Å². The molecule has 2 atom stereocenters. The number of likely N-dealkylation sites (tertiary alicyclic amines) is 1. The molecule has 1 aliphatic rings. The molecule has 1 aromatic carbocycles. The molecule has 1 N–H and O–H groups in total. The highest BCUT2D eigenvalue weighted by Gasteiger charge is 2.38. The van der Waals surface area contributed by atoms with Crippen molar-refractivity contribution < 1.29 is 14.7 Å². The van der Waals surface area contributed by atoms with Crippen molar-refractivity contribution in [3.63, 3.8) is 0 Å². The Morgan fingerprint density at radius 2 is 1.96 bits per heavy atom. The topological polar surface area (TPSA) is 70.5 Å². The number of aliphatic carboxylic acids is 1. The van der Waals surface area contributed by atoms with Gasteiger partial charge in [-0.15, -0.1) is 11.3 Å². The predicted molar refractivity (Wildman–Crippen MR) is 88.5 cm³/mol. The first kappa shape index (κ1) is 15.7. The first-order chi connectivity index (χ1) is 11.0. The number of aryl methyl sites for hydroxylation is 1. The number of carboxylic acid groups (broad SMARTS) is 1. The number of hydrogen-bond donors (Lipinski definition) is 1. The monoisotopic (exact) mass is 330 g/mol. The second kappa shape index (κ2) is 6.12. The minimum absolute atomic E-state index is 0.0294. The summed E-state index contributed by atoms with van der Waals surface area (Å²) in [5.74, 6) is -1.46. The van der Waals surface area contributed by atoms with Gasteiger partial charge in [-0.1, -0.05) is 37.3 Å². The molecule has 0 radical (unpaired) electrons. The van der Waals surface area contributed by atoms with Crippen LogP contribution in [0.5, 0.6) is 0 Å². The summed E-state index contributed by atoms with van der Waals surface area (Å²) in [5, 5.41) is 10.0. The maximum atomic E-state index is 12.7. The van der Waals surface area contributed by atoms with E-state index in [9.17, 15) is 14.7 Å². The van der Waals surface area contributed by atoms with Crippen LogP contribution in [0, 0.1) is 18.8 Å². The zero-order valence-electron chi connectivity index (χ0n) is 13.0. The van der Waals surface area contributed by atoms with Gasteiger partial charge in [-0.2, -0.15) is 0 Å². The highest BCUT2D eigenvalue weighted by molar-refractivity contribution is 7.17. The number of carbonyl (C=O) groups excluding carboxylic acids is 1. The summed E-state index contributed by atoms with van der Waals surface area (Å²) in [4.78, 5) is 30.7. The van der Waals surface area contributed by atoms with Crippen LogP contribution in [-0.2, 0) is 4.79 Å². The first-order valence-electron chi connectivity index (χ1n) is 7.52. The number of benzene rings is 1. The van der Waals surface area contributed by atoms with Crippen LogP contribution in [0.15, 0.2) is 30.3 Å². The molecule has 2 aromatic rings. The molecule has 1 amide bonds. The highest BCUT2D eigenvalue weighted by Crippen LogP contribution is 2.31. The maximum Gasteiger partial charge on any atom is 0.308 e. The molecule has 1 aliphatic heterocycles. The van der Waals surface area contributed by atoms with E-state index in [2.05, 4.69) is 4.98 Å². The average molecular weight is 330 g/mol. The van der Waals surface area contributed by atoms with Crippen molar-refractivity contribution in [2.45, 2.75) is 13.8 Å². The smallest absolute Gasteiger partial charge is 0.308 e. The summed E-state index contributed by atoms with van der Waals surface area (Å²) in [7, 11) is 0. The third-order valence-electron chi connectivity index (χ3n) is 4.23. The molecule has 1 saturated heterocycles. The number of aromatic nitrogens is 1. The van der Waals surface area contributed by atoms with E-state index in [4.69, 9.17) is 0 Å². The maximum absolute atomic E-state index is 12.7. The molecule has 2 heterocycles. The number of hydrogen-bond acceptors (Lipinski definition) is 4. The fourth-order valence-electron chi connectivity index (χ4n) is 2.90. The largest absolute Gasteiger partial charge is 0.481 e. The molecule has 6 heteroatoms. The van der Waals surface area contributed by atoms with Crippen LogP contribution in [0.3, 0.4) is 0 Å². The van der Waals surface area contributed by atoms with E-state index in [0.29, 0.717) is 17.1 Å². The SMILES string of the molecule is Cc1nc(-c2ccccc2)sc1C(=O)N1C[C@@H](C)[C@H](C(=O)O)C1. The van der Waals surface area contributed by atoms with Gasteiger partial charge in [-0.05, 0) is 12.8 Å². The predicted octanol–water partition coefficient (Wildman–Crippen LogP) is 2.91. The number of amides is 1. The molecule has 0 unspecified atom stereocenters. The molecule has 23 heavy (non-hydrogen) atoms. The molecular formula is C17H18N2O3S. The highest BCUT2D eigenvalue weighted by atomic mass is 32.1. The zero-order valence-corrected chi connectivity index (χ0v) is 13.8. The molecule has 5 nitrogen and oxygen atoms in total. The quantitative estimate of drug-likeness (QED) is 0.939. The third-order valence-corrected chi connectivity index (χ3v) is 5.42. The number of carbonyl (C=O) groups is 2. The van der Waals surface area contributed by atoms with Gasteiger partial charge in [0.1, 0.15) is 9.88 Å². The molecule has 0 saturated carbocycles. The van der Waals surface area contributed by atoms with Crippen molar-refractivity contribution in [3.8, 4) is 10.6 Å². The van der Waals surface area contributed by atoms with Crippen molar-refractivity contribution in [1.29, 1.82) is 0 Å². The lowest BCUT2D eigenvalue weighted by Crippen LogP contribution is -2.29. The Morgan fingerprint density at radius 1 is 1.26 bits per heavy atom. The summed E-state index contributed by atoms with van der Waals surface area (Å²) in [6.45, 7) is 4.45. The summed E-state index contributed by atoms with van der Waals surface area (Å²) >= 11 is 1.37. The van der Waals surface area contributed by atoms with Crippen molar-refractivity contribution >= 4 is 23.2 Å². The van der Waals surface area contributed by atoms with E-state index in [1.807, 2.05) is 44.2 Å². The minimum Gasteiger partial charge on any atom is -0.481 e. The molecule has 0 bridgehead atoms. The van der Waals surface area contributed by atoms with Gasteiger partial charge in [-0.25, -0.2) is 4.98 Å². The van der Waals surface area contributed by atoms with Crippen LogP contribution in [0.2, 0.25) is 0 Å². The summed E-state index contributed by atoms with van der Waals surface area (Å²) < 4.78 is 0. The van der Waals surface area contributed by atoms with Gasteiger partial charge in [0.05, 0.1) is 11.6 Å². The summed E-state index contributed by atoms with van der Waals surface area (Å²) in [6, 6.07) is 9.74. The van der Waals surface area contributed by atoms with Crippen molar-refractivity contribution in [1.82, 2.24) is 9.88 Å². The van der Waals surface area contributed by atoms with E-state index >= 15 is 0 Å². The van der Waals surface area contributed by atoms with Crippen LogP contribution < -0.4 is 0 Å². The number of thiazole rings is 1. The van der Waals surface area contributed by atoms with E-state index in [1.54, 1.807) is 4.90 Å². The lowest BCUT2D eigenvalue weighted by atomic mass is 9.99. The molecular weight excluding hydrogens is 312 g/mol. The van der Waals surface area contributed by atoms with E-state index < -0.39 is 11.9 Å². The van der Waals surface area contributed by atoms with Crippen LogP contribution >= 0.6 is 11.3 Å². The number of carboxylic acids is 1. The van der Waals surface area contributed by atoms with Gasteiger partial charge in [0, 0.05) is 18.7 Å². The molecule has 0 spiro atoms. The van der Waals surface area contributed by atoms with Crippen molar-refractivity contribution in [3.05, 3.63) is 40.9 Å². The number of rotatable bonds is 3. The summed E-state index contributed by atoms with van der Waals surface area (Å²) in [5.41, 5.74) is 1.68. The summed E-state index contributed by atoms with van der Waals surface area (Å²) in [6.07, 6.45) is 0. The van der Waals surface area contributed by atoms with Gasteiger partial charge in [0.15, 0.2) is 0 Å². The van der Waals surface area contributed by atoms with Gasteiger partial charge in [0.2, 0.25) is 0 Å². The molecule has 120 valence electrons. The third kappa shape index (κ3) is 2.99. The Kier molecular flexibility index (Phi) is 4.17. The second-order valence-corrected chi connectivity index (χ2v) is 6.93. The van der Waals surface area contributed by atoms with Gasteiger partial charge in [0.25, 0.3) is 5.91 Å². The Bertz CT molecular complexity index is 742. The standard InChI is InChI=1S/C17H18N2O3S/c1-10-8-19(9-13(10)17(21)22)16(20)14-11(2)18-15(23-14)12-6-4-3-5-7-12/h3-7,10,13H,8-9H2,1-2H3,(H,21,22)/t10-,13-/m1/s1. The normalized spacial score (nSPS) is 20.7. The van der Waals surface area contributed by atoms with Crippen LogP contribution in [-0.4, -0.2) is 40.0 Å². The lowest BCUT2D eigenvalue weighted by molar-refractivity contribution is -0.142. The van der Waals surface area contributed by atoms with Gasteiger partial charge in [-0.3, -0.25) is 9.59 Å².